The average molecular weight is 845 g/mol. The Hall–Kier alpha value is -8.44. The zero-order valence-electron chi connectivity index (χ0n) is 36.1. The fourth-order valence-electron chi connectivity index (χ4n) is 6.67. The van der Waals surface area contributed by atoms with Gasteiger partial charge >= 0.3 is 0 Å². The third kappa shape index (κ3) is 12.4. The van der Waals surface area contributed by atoms with Gasteiger partial charge in [0.15, 0.2) is 23.1 Å². The van der Waals surface area contributed by atoms with Crippen molar-refractivity contribution in [3.8, 4) is 23.7 Å². The Balaban J connectivity index is 0.000000212. The van der Waals surface area contributed by atoms with Crippen LogP contribution in [0.5, 0.6) is 0 Å². The van der Waals surface area contributed by atoms with Gasteiger partial charge in [0.1, 0.15) is 0 Å². The van der Waals surface area contributed by atoms with E-state index in [9.17, 15) is 19.2 Å². The van der Waals surface area contributed by atoms with Gasteiger partial charge < -0.3 is 0 Å². The molecule has 316 valence electrons. The van der Waals surface area contributed by atoms with Gasteiger partial charge in [0.05, 0.1) is 0 Å². The number of benzene rings is 8. The molecule has 0 radical (unpaired) electrons. The molecule has 8 rings (SSSR count). The lowest BCUT2D eigenvalue weighted by Gasteiger charge is -2.08. The molecular weight excluding hydrogens is 797 g/mol. The van der Waals surface area contributed by atoms with Crippen LogP contribution in [0.25, 0.3) is 0 Å². The molecule has 0 fully saturated rings. The van der Waals surface area contributed by atoms with Crippen LogP contribution in [0.2, 0.25) is 0 Å². The van der Waals surface area contributed by atoms with E-state index in [1.807, 2.05) is 155 Å². The molecule has 0 spiro atoms. The molecular formula is C61H48O4. The molecule has 4 nitrogen and oxygen atoms in total. The Morgan fingerprint density at radius 2 is 0.492 bits per heavy atom. The van der Waals surface area contributed by atoms with Crippen molar-refractivity contribution in [1.29, 1.82) is 0 Å². The molecule has 0 aliphatic rings. The molecule has 0 unspecified atom stereocenters. The third-order valence-electron chi connectivity index (χ3n) is 10.5. The quantitative estimate of drug-likeness (QED) is 0.113. The van der Waals surface area contributed by atoms with Crippen LogP contribution >= 0.6 is 0 Å². The molecule has 8 aromatic carbocycles. The molecule has 4 heteroatoms. The molecule has 0 atom stereocenters. The van der Waals surface area contributed by atoms with Gasteiger partial charge in [-0.05, 0) is 107 Å². The topological polar surface area (TPSA) is 68.3 Å². The number of rotatable bonds is 8. The van der Waals surface area contributed by atoms with E-state index in [2.05, 4.69) is 23.7 Å². The zero-order valence-corrected chi connectivity index (χ0v) is 36.1. The van der Waals surface area contributed by atoms with Crippen molar-refractivity contribution in [3.05, 3.63) is 283 Å². The van der Waals surface area contributed by atoms with E-state index in [1.165, 1.54) is 0 Å². The summed E-state index contributed by atoms with van der Waals surface area (Å²) in [7, 11) is 0. The monoisotopic (exact) mass is 844 g/mol. The summed E-state index contributed by atoms with van der Waals surface area (Å²) in [6.45, 7) is 7.95. The summed E-state index contributed by atoms with van der Waals surface area (Å²) in [6.07, 6.45) is 0. The maximum Gasteiger partial charge on any atom is 0.193 e. The van der Waals surface area contributed by atoms with Crippen LogP contribution in [0.3, 0.4) is 0 Å². The van der Waals surface area contributed by atoms with E-state index in [0.717, 1.165) is 38.9 Å². The Morgan fingerprint density at radius 1 is 0.262 bits per heavy atom. The first kappa shape index (κ1) is 46.1. The van der Waals surface area contributed by atoms with Crippen molar-refractivity contribution in [1.82, 2.24) is 0 Å². The van der Waals surface area contributed by atoms with E-state index in [1.54, 1.807) is 66.7 Å². The smallest absolute Gasteiger partial charge is 0.193 e. The molecule has 0 saturated heterocycles. The van der Waals surface area contributed by atoms with Crippen LogP contribution in [-0.2, 0) is 0 Å². The molecule has 0 aliphatic heterocycles. The molecule has 0 saturated carbocycles. The lowest BCUT2D eigenvalue weighted by Crippen LogP contribution is -2.07. The zero-order chi connectivity index (χ0) is 45.0. The number of hydrogen-bond acceptors (Lipinski definition) is 4. The van der Waals surface area contributed by atoms with E-state index >= 15 is 0 Å². The van der Waals surface area contributed by atoms with E-state index in [0.29, 0.717) is 50.1 Å². The first-order valence-electron chi connectivity index (χ1n) is 20.9. The van der Waals surface area contributed by atoms with Crippen LogP contribution in [0.1, 0.15) is 116 Å². The van der Waals surface area contributed by atoms with Gasteiger partial charge in [0.2, 0.25) is 0 Å². The lowest BCUT2D eigenvalue weighted by molar-refractivity contribution is 0.102. The van der Waals surface area contributed by atoms with Crippen molar-refractivity contribution >= 4 is 23.1 Å². The number of aryl methyl sites for hydroxylation is 4. The summed E-state index contributed by atoms with van der Waals surface area (Å²) in [5, 5.41) is 0. The Labute approximate surface area is 382 Å². The summed E-state index contributed by atoms with van der Waals surface area (Å²) in [6, 6.07) is 59.4. The second-order valence-corrected chi connectivity index (χ2v) is 15.6. The van der Waals surface area contributed by atoms with Crippen molar-refractivity contribution in [2.75, 3.05) is 0 Å². The van der Waals surface area contributed by atoms with Gasteiger partial charge in [-0.3, -0.25) is 19.2 Å². The fourth-order valence-corrected chi connectivity index (χ4v) is 6.67. The minimum atomic E-state index is -0.133. The average Bonchev–Trinajstić information content (AvgIpc) is 3.33. The van der Waals surface area contributed by atoms with Crippen LogP contribution < -0.4 is 0 Å². The molecule has 8 aromatic rings. The highest BCUT2D eigenvalue weighted by atomic mass is 16.1. The van der Waals surface area contributed by atoms with E-state index in [4.69, 9.17) is 0 Å². The summed E-state index contributed by atoms with van der Waals surface area (Å²) in [4.78, 5) is 51.5. The lowest BCUT2D eigenvalue weighted by atomic mass is 9.94. The predicted molar refractivity (Wildman–Crippen MR) is 263 cm³/mol. The molecule has 0 heterocycles. The standard InChI is InChI=1S/2C30H22O2.CH4/c1-21-3-13-25(14-4-21)29(31)27-17-9-23(10-18-27)7-8-24-11-19-28(20-12-24)30(32)26-15-5-22(2)6-16-26;1-21-8-14-25(15-9-21)29(31)27-18-24(13-12-23-6-4-3-5-7-23)19-28(20-27)30(32)26-16-10-22(2)11-17-26;/h3-6,9-20H,1-2H3;3-11,14-20H,1-2H3;1H4. The molecule has 65 heavy (non-hydrogen) atoms. The highest BCUT2D eigenvalue weighted by molar-refractivity contribution is 6.14. The van der Waals surface area contributed by atoms with Crippen LogP contribution in [0.15, 0.2) is 194 Å². The summed E-state index contributed by atoms with van der Waals surface area (Å²) < 4.78 is 0. The maximum atomic E-state index is 13.2. The minimum Gasteiger partial charge on any atom is -0.289 e. The molecule has 0 bridgehead atoms. The normalized spacial score (nSPS) is 10.0. The Morgan fingerprint density at radius 3 is 0.785 bits per heavy atom. The predicted octanol–water partition coefficient (Wildman–Crippen LogP) is 13.0. The van der Waals surface area contributed by atoms with Gasteiger partial charge in [-0.2, -0.15) is 0 Å². The molecule has 0 N–H and O–H groups in total. The second kappa shape index (κ2) is 21.6. The number of ketones is 4. The summed E-state index contributed by atoms with van der Waals surface area (Å²) in [5.74, 6) is 12.2. The van der Waals surface area contributed by atoms with Gasteiger partial charge in [0, 0.05) is 66.8 Å². The number of carbonyl (C=O) groups is 4. The van der Waals surface area contributed by atoms with E-state index < -0.39 is 0 Å². The number of hydrogen-bond donors (Lipinski definition) is 0. The van der Waals surface area contributed by atoms with Crippen LogP contribution in [0.4, 0.5) is 0 Å². The van der Waals surface area contributed by atoms with Gasteiger partial charge in [-0.1, -0.05) is 169 Å². The van der Waals surface area contributed by atoms with Crippen molar-refractivity contribution in [2.24, 2.45) is 0 Å². The van der Waals surface area contributed by atoms with Crippen molar-refractivity contribution < 1.29 is 19.2 Å². The van der Waals surface area contributed by atoms with Crippen molar-refractivity contribution in [2.45, 2.75) is 35.1 Å². The van der Waals surface area contributed by atoms with Crippen molar-refractivity contribution in [3.63, 3.8) is 0 Å². The van der Waals surface area contributed by atoms with E-state index in [-0.39, 0.29) is 30.6 Å². The SMILES string of the molecule is C.Cc1ccc(C(=O)c2cc(C#Cc3ccccc3)cc(C(=O)c3ccc(C)cc3)c2)cc1.Cc1ccc(C(=O)c2ccc(C#Cc3ccc(C(=O)c4ccc(C)cc4)cc3)cc2)cc1. The first-order chi connectivity index (χ1) is 31.0. The largest absolute Gasteiger partial charge is 0.289 e. The maximum absolute atomic E-state index is 13.2. The summed E-state index contributed by atoms with van der Waals surface area (Å²) >= 11 is 0. The minimum absolute atomic E-state index is 0. The number of carbonyl (C=O) groups excluding carboxylic acids is 4. The molecule has 0 aromatic heterocycles. The molecule has 0 amide bonds. The summed E-state index contributed by atoms with van der Waals surface area (Å²) in [5.41, 5.74) is 12.2. The third-order valence-corrected chi connectivity index (χ3v) is 10.5. The van der Waals surface area contributed by atoms with Gasteiger partial charge in [0.25, 0.3) is 0 Å². The highest BCUT2D eigenvalue weighted by Crippen LogP contribution is 2.20. The fraction of sp³-hybridized carbons (Fsp3) is 0.0820. The Bertz CT molecular complexity index is 2900. The van der Waals surface area contributed by atoms with Crippen LogP contribution in [-0.4, -0.2) is 23.1 Å². The highest BCUT2D eigenvalue weighted by Gasteiger charge is 2.16. The van der Waals surface area contributed by atoms with Crippen LogP contribution in [0, 0.1) is 51.4 Å². The first-order valence-corrected chi connectivity index (χ1v) is 20.9. The second-order valence-electron chi connectivity index (χ2n) is 15.6. The van der Waals surface area contributed by atoms with Gasteiger partial charge in [-0.15, -0.1) is 0 Å². The Kier molecular flexibility index (Phi) is 15.3. The van der Waals surface area contributed by atoms with Gasteiger partial charge in [-0.25, -0.2) is 0 Å². The molecule has 0 aliphatic carbocycles.